The van der Waals surface area contributed by atoms with Crippen LogP contribution < -0.4 is 10.6 Å². The molecule has 0 heterocycles. The number of hydrogen-bond donors (Lipinski definition) is 3. The summed E-state index contributed by atoms with van der Waals surface area (Å²) in [6.45, 7) is 0.517. The number of methoxy groups -OCH3 is 1. The Kier molecular flexibility index (Phi) is 6.22. The van der Waals surface area contributed by atoms with Crippen molar-refractivity contribution in [1.82, 2.24) is 15.5 Å². The zero-order chi connectivity index (χ0) is 15.2. The number of hydrogen-bond acceptors (Lipinski definition) is 4. The van der Waals surface area contributed by atoms with Crippen LogP contribution in [0.4, 0.5) is 4.79 Å². The second-order valence-electron chi connectivity index (χ2n) is 5.45. The number of amides is 2. The predicted octanol–water partition coefficient (Wildman–Crippen LogP) is 0.260. The maximum absolute atomic E-state index is 11.7. The molecule has 1 saturated carbocycles. The second kappa shape index (κ2) is 7.44. The lowest BCUT2D eigenvalue weighted by Gasteiger charge is -2.36. The summed E-state index contributed by atoms with van der Waals surface area (Å²) < 4.78 is 4.75. The monoisotopic (exact) mass is 287 g/mol. The van der Waals surface area contributed by atoms with E-state index in [-0.39, 0.29) is 18.1 Å². The molecule has 0 saturated heterocycles. The van der Waals surface area contributed by atoms with Gasteiger partial charge in [0, 0.05) is 19.2 Å². The summed E-state index contributed by atoms with van der Waals surface area (Å²) in [5, 5.41) is 14.1. The number of carbonyl (C=O) groups excluding carboxylic acids is 1. The molecule has 0 radical (unpaired) electrons. The Balaban J connectivity index is 2.37. The summed E-state index contributed by atoms with van der Waals surface area (Å²) in [7, 11) is 5.35. The fourth-order valence-corrected chi connectivity index (χ4v) is 2.58. The Morgan fingerprint density at radius 1 is 1.30 bits per heavy atom. The number of nitrogens with zero attached hydrogens (tertiary/aromatic N) is 1. The first-order valence-electron chi connectivity index (χ1n) is 6.86. The van der Waals surface area contributed by atoms with Crippen LogP contribution in [-0.4, -0.2) is 67.9 Å². The summed E-state index contributed by atoms with van der Waals surface area (Å²) in [6.07, 6.45) is 3.46. The van der Waals surface area contributed by atoms with Crippen molar-refractivity contribution in [2.45, 2.75) is 37.3 Å². The number of likely N-dealkylation sites (N-methyl/N-ethyl adjacent to an activating group) is 1. The van der Waals surface area contributed by atoms with E-state index < -0.39 is 12.1 Å². The third-order valence-electron chi connectivity index (χ3n) is 4.07. The van der Waals surface area contributed by atoms with Gasteiger partial charge in [0.15, 0.2) is 6.10 Å². The fraction of sp³-hybridized carbons (Fsp3) is 0.846. The molecule has 0 aromatic heterocycles. The van der Waals surface area contributed by atoms with E-state index in [9.17, 15) is 9.59 Å². The second-order valence-corrected chi connectivity index (χ2v) is 5.45. The summed E-state index contributed by atoms with van der Waals surface area (Å²) in [6, 6.07) is -0.360. The van der Waals surface area contributed by atoms with Crippen LogP contribution >= 0.6 is 0 Å². The van der Waals surface area contributed by atoms with Crippen molar-refractivity contribution in [3.05, 3.63) is 0 Å². The topological polar surface area (TPSA) is 90.9 Å². The van der Waals surface area contributed by atoms with Crippen LogP contribution in [0.15, 0.2) is 0 Å². The average Bonchev–Trinajstić information content (AvgIpc) is 2.86. The molecule has 7 nitrogen and oxygen atoms in total. The van der Waals surface area contributed by atoms with Crippen molar-refractivity contribution >= 4 is 12.0 Å². The first-order chi connectivity index (χ1) is 9.41. The van der Waals surface area contributed by atoms with E-state index >= 15 is 0 Å². The molecular formula is C13H25N3O4. The van der Waals surface area contributed by atoms with E-state index in [0.717, 1.165) is 12.8 Å². The van der Waals surface area contributed by atoms with Crippen molar-refractivity contribution in [3.63, 3.8) is 0 Å². The van der Waals surface area contributed by atoms with E-state index in [4.69, 9.17) is 9.84 Å². The van der Waals surface area contributed by atoms with Gasteiger partial charge in [0.2, 0.25) is 0 Å². The van der Waals surface area contributed by atoms with Crippen LogP contribution in [0.5, 0.6) is 0 Å². The lowest BCUT2D eigenvalue weighted by molar-refractivity contribution is -0.147. The molecule has 1 aliphatic rings. The van der Waals surface area contributed by atoms with E-state index in [2.05, 4.69) is 15.5 Å². The number of rotatable bonds is 7. The Labute approximate surface area is 119 Å². The highest BCUT2D eigenvalue weighted by molar-refractivity contribution is 5.76. The van der Waals surface area contributed by atoms with Crippen molar-refractivity contribution in [2.75, 3.05) is 34.3 Å². The van der Waals surface area contributed by atoms with Crippen molar-refractivity contribution in [1.29, 1.82) is 0 Å². The summed E-state index contributed by atoms with van der Waals surface area (Å²) >= 11 is 0. The average molecular weight is 287 g/mol. The highest BCUT2D eigenvalue weighted by Crippen LogP contribution is 2.32. The molecule has 0 aromatic carbocycles. The Morgan fingerprint density at radius 2 is 1.90 bits per heavy atom. The molecule has 0 aromatic rings. The van der Waals surface area contributed by atoms with Crippen LogP contribution in [-0.2, 0) is 9.53 Å². The van der Waals surface area contributed by atoms with Crippen molar-refractivity contribution < 1.29 is 19.4 Å². The van der Waals surface area contributed by atoms with Gasteiger partial charge in [0.1, 0.15) is 0 Å². The van der Waals surface area contributed by atoms with Gasteiger partial charge in [-0.25, -0.2) is 9.59 Å². The third kappa shape index (κ3) is 4.35. The van der Waals surface area contributed by atoms with Gasteiger partial charge in [0.25, 0.3) is 0 Å². The number of urea groups is 1. The number of ether oxygens (including phenoxy) is 1. The summed E-state index contributed by atoms with van der Waals surface area (Å²) in [4.78, 5) is 24.6. The minimum absolute atomic E-state index is 0.0186. The number of carboxylic acid groups (broad SMARTS) is 1. The van der Waals surface area contributed by atoms with Gasteiger partial charge in [-0.2, -0.15) is 0 Å². The van der Waals surface area contributed by atoms with E-state index in [0.29, 0.717) is 6.54 Å². The molecule has 2 amide bonds. The van der Waals surface area contributed by atoms with Crippen molar-refractivity contribution in [2.24, 2.45) is 0 Å². The van der Waals surface area contributed by atoms with Crippen LogP contribution in [0.2, 0.25) is 0 Å². The Hall–Kier alpha value is -1.34. The van der Waals surface area contributed by atoms with Gasteiger partial charge in [-0.05, 0) is 26.9 Å². The van der Waals surface area contributed by atoms with Gasteiger partial charge in [-0.3, -0.25) is 0 Å². The SMILES string of the molecule is COC(CNC(=O)NCC1(N(C)C)CCCC1)C(=O)O. The van der Waals surface area contributed by atoms with E-state index in [1.807, 2.05) is 14.1 Å². The molecule has 116 valence electrons. The molecule has 7 heteroatoms. The minimum Gasteiger partial charge on any atom is -0.479 e. The summed E-state index contributed by atoms with van der Waals surface area (Å²) in [5.74, 6) is -1.09. The Bertz CT molecular complexity index is 341. The number of nitrogens with one attached hydrogen (secondary N) is 2. The maximum atomic E-state index is 11.7. The lowest BCUT2D eigenvalue weighted by Crippen LogP contribution is -2.53. The Morgan fingerprint density at radius 3 is 2.35 bits per heavy atom. The van der Waals surface area contributed by atoms with Crippen molar-refractivity contribution in [3.8, 4) is 0 Å². The van der Waals surface area contributed by atoms with Gasteiger partial charge in [-0.15, -0.1) is 0 Å². The molecule has 1 aliphatic carbocycles. The third-order valence-corrected chi connectivity index (χ3v) is 4.07. The van der Waals surface area contributed by atoms with E-state index in [1.54, 1.807) is 0 Å². The predicted molar refractivity (Wildman–Crippen MR) is 74.7 cm³/mol. The van der Waals surface area contributed by atoms with E-state index in [1.165, 1.54) is 20.0 Å². The highest BCUT2D eigenvalue weighted by atomic mass is 16.5. The zero-order valence-corrected chi connectivity index (χ0v) is 12.4. The molecule has 0 aliphatic heterocycles. The lowest BCUT2D eigenvalue weighted by atomic mass is 9.96. The number of aliphatic carboxylic acids is 1. The van der Waals surface area contributed by atoms with Gasteiger partial charge in [0.05, 0.1) is 6.54 Å². The molecule has 3 N–H and O–H groups in total. The molecule has 1 fully saturated rings. The zero-order valence-electron chi connectivity index (χ0n) is 12.4. The van der Waals surface area contributed by atoms with Gasteiger partial charge >= 0.3 is 12.0 Å². The van der Waals surface area contributed by atoms with Crippen LogP contribution in [0.1, 0.15) is 25.7 Å². The number of carbonyl (C=O) groups is 2. The minimum atomic E-state index is -1.09. The number of carboxylic acids is 1. The summed E-state index contributed by atoms with van der Waals surface area (Å²) in [5.41, 5.74) is 0.0186. The van der Waals surface area contributed by atoms with Crippen LogP contribution in [0.3, 0.4) is 0 Å². The molecule has 1 unspecified atom stereocenters. The largest absolute Gasteiger partial charge is 0.479 e. The quantitative estimate of drug-likeness (QED) is 0.625. The highest BCUT2D eigenvalue weighted by Gasteiger charge is 2.36. The first kappa shape index (κ1) is 16.7. The molecule has 1 atom stereocenters. The van der Waals surface area contributed by atoms with Crippen LogP contribution in [0.25, 0.3) is 0 Å². The molecular weight excluding hydrogens is 262 g/mol. The smallest absolute Gasteiger partial charge is 0.334 e. The maximum Gasteiger partial charge on any atom is 0.334 e. The molecule has 1 rings (SSSR count). The fourth-order valence-electron chi connectivity index (χ4n) is 2.58. The first-order valence-corrected chi connectivity index (χ1v) is 6.86. The van der Waals surface area contributed by atoms with Gasteiger partial charge in [-0.1, -0.05) is 12.8 Å². The molecule has 20 heavy (non-hydrogen) atoms. The van der Waals surface area contributed by atoms with Crippen LogP contribution in [0, 0.1) is 0 Å². The standard InChI is InChI=1S/C13H25N3O4/c1-16(2)13(6-4-5-7-13)9-15-12(19)14-8-10(20-3)11(17)18/h10H,4-9H2,1-3H3,(H,17,18)(H2,14,15,19). The normalized spacial score (nSPS) is 18.8. The molecule has 0 spiro atoms. The molecule has 0 bridgehead atoms. The van der Waals surface area contributed by atoms with Gasteiger partial charge < -0.3 is 25.4 Å².